The van der Waals surface area contributed by atoms with Crippen LogP contribution in [0.25, 0.3) is 22.3 Å². The van der Waals surface area contributed by atoms with E-state index in [1.165, 1.54) is 11.7 Å². The molecule has 0 unspecified atom stereocenters. The Kier molecular flexibility index (Phi) is 7.58. The Morgan fingerprint density at radius 1 is 0.972 bits per heavy atom. The first-order valence-corrected chi connectivity index (χ1v) is 12.0. The van der Waals surface area contributed by atoms with Crippen LogP contribution in [-0.2, 0) is 17.9 Å². The monoisotopic (exact) mass is 490 g/mol. The summed E-state index contributed by atoms with van der Waals surface area (Å²) in [6.45, 7) is 4.62. The van der Waals surface area contributed by atoms with Gasteiger partial charge in [0.15, 0.2) is 6.61 Å². The Bertz CT molecular complexity index is 1480. The number of fused-ring (bicyclic) bond motifs is 1. The standard InChI is InChI=1S/C27H30N4O5/c1-4-13-30-22-16-21(29-25(22)26(33)31(14-5-2)27(30)34)20-12-11-19(15-23(20)35-3)36-17-24(32)28-18-9-7-6-8-10-18/h6-12,15-16,29H,4-5,13-14,17H2,1-3H3,(H,28,32). The number of nitrogens with zero attached hydrogens (tertiary/aromatic N) is 2. The van der Waals surface area contributed by atoms with Gasteiger partial charge in [0.05, 0.1) is 18.3 Å². The molecule has 0 aliphatic carbocycles. The minimum atomic E-state index is -0.334. The minimum absolute atomic E-state index is 0.163. The number of ether oxygens (including phenoxy) is 2. The van der Waals surface area contributed by atoms with E-state index in [-0.39, 0.29) is 23.8 Å². The van der Waals surface area contributed by atoms with Crippen LogP contribution in [0.4, 0.5) is 5.69 Å². The molecule has 0 saturated heterocycles. The lowest BCUT2D eigenvalue weighted by Crippen LogP contribution is -2.39. The Morgan fingerprint density at radius 2 is 1.69 bits per heavy atom. The second-order valence-electron chi connectivity index (χ2n) is 8.40. The number of anilines is 1. The zero-order chi connectivity index (χ0) is 25.7. The molecule has 0 saturated carbocycles. The maximum absolute atomic E-state index is 13.1. The van der Waals surface area contributed by atoms with Crippen molar-refractivity contribution in [3.8, 4) is 22.8 Å². The molecule has 9 heteroatoms. The molecule has 0 atom stereocenters. The predicted molar refractivity (Wildman–Crippen MR) is 140 cm³/mol. The van der Waals surface area contributed by atoms with Gasteiger partial charge in [-0.2, -0.15) is 0 Å². The zero-order valence-electron chi connectivity index (χ0n) is 20.7. The van der Waals surface area contributed by atoms with Crippen LogP contribution in [0.1, 0.15) is 26.7 Å². The number of benzene rings is 2. The third kappa shape index (κ3) is 5.05. The predicted octanol–water partition coefficient (Wildman–Crippen LogP) is 4.00. The van der Waals surface area contributed by atoms with E-state index in [4.69, 9.17) is 9.47 Å². The third-order valence-corrected chi connectivity index (χ3v) is 5.79. The summed E-state index contributed by atoms with van der Waals surface area (Å²) in [6, 6.07) is 16.2. The molecular weight excluding hydrogens is 460 g/mol. The molecule has 1 amide bonds. The Morgan fingerprint density at radius 3 is 2.39 bits per heavy atom. The van der Waals surface area contributed by atoms with Crippen molar-refractivity contribution in [2.45, 2.75) is 39.8 Å². The van der Waals surface area contributed by atoms with Crippen LogP contribution in [0, 0.1) is 0 Å². The number of rotatable bonds is 10. The van der Waals surface area contributed by atoms with Crippen molar-refractivity contribution in [3.05, 3.63) is 75.4 Å². The molecule has 0 aliphatic rings. The number of nitrogens with one attached hydrogen (secondary N) is 2. The zero-order valence-corrected chi connectivity index (χ0v) is 20.7. The lowest BCUT2D eigenvalue weighted by molar-refractivity contribution is -0.118. The quantitative estimate of drug-likeness (QED) is 0.349. The Hall–Kier alpha value is -4.27. The van der Waals surface area contributed by atoms with Gasteiger partial charge in [0, 0.05) is 30.4 Å². The summed E-state index contributed by atoms with van der Waals surface area (Å²) in [4.78, 5) is 41.4. The van der Waals surface area contributed by atoms with E-state index >= 15 is 0 Å². The molecule has 0 spiro atoms. The number of H-pyrrole nitrogens is 1. The van der Waals surface area contributed by atoms with Crippen LogP contribution >= 0.6 is 0 Å². The van der Waals surface area contributed by atoms with Gasteiger partial charge >= 0.3 is 5.69 Å². The van der Waals surface area contributed by atoms with Crippen molar-refractivity contribution < 1.29 is 14.3 Å². The SMILES string of the molecule is CCCn1c(=O)c2[nH]c(-c3ccc(OCC(=O)Nc4ccccc4)cc3OC)cc2n(CCC)c1=O. The number of aromatic nitrogens is 3. The van der Waals surface area contributed by atoms with Crippen molar-refractivity contribution in [2.75, 3.05) is 19.0 Å². The fraction of sp³-hybridized carbons (Fsp3) is 0.296. The summed E-state index contributed by atoms with van der Waals surface area (Å²) >= 11 is 0. The summed E-state index contributed by atoms with van der Waals surface area (Å²) < 4.78 is 14.2. The van der Waals surface area contributed by atoms with Crippen molar-refractivity contribution in [2.24, 2.45) is 0 Å². The lowest BCUT2D eigenvalue weighted by atomic mass is 10.1. The molecule has 0 bridgehead atoms. The minimum Gasteiger partial charge on any atom is -0.496 e. The van der Waals surface area contributed by atoms with Crippen LogP contribution in [0.3, 0.4) is 0 Å². The van der Waals surface area contributed by atoms with Crippen LogP contribution in [0.2, 0.25) is 0 Å². The van der Waals surface area contributed by atoms with E-state index in [0.29, 0.717) is 59.0 Å². The fourth-order valence-corrected chi connectivity index (χ4v) is 4.15. The van der Waals surface area contributed by atoms with Crippen molar-refractivity contribution in [1.29, 1.82) is 0 Å². The highest BCUT2D eigenvalue weighted by atomic mass is 16.5. The maximum Gasteiger partial charge on any atom is 0.331 e. The summed E-state index contributed by atoms with van der Waals surface area (Å²) in [5.74, 6) is 0.682. The van der Waals surface area contributed by atoms with E-state index in [0.717, 1.165) is 6.42 Å². The van der Waals surface area contributed by atoms with Gasteiger partial charge in [-0.25, -0.2) is 4.79 Å². The first-order chi connectivity index (χ1) is 17.5. The number of aryl methyl sites for hydroxylation is 1. The van der Waals surface area contributed by atoms with Gasteiger partial charge in [0.2, 0.25) is 0 Å². The average Bonchev–Trinajstić information content (AvgIpc) is 3.33. The molecule has 36 heavy (non-hydrogen) atoms. The molecule has 2 N–H and O–H groups in total. The Balaban J connectivity index is 1.63. The van der Waals surface area contributed by atoms with Crippen molar-refractivity contribution >= 4 is 22.6 Å². The van der Waals surface area contributed by atoms with Gasteiger partial charge in [-0.1, -0.05) is 32.0 Å². The van der Waals surface area contributed by atoms with E-state index in [1.807, 2.05) is 32.0 Å². The number of para-hydroxylation sites is 1. The van der Waals surface area contributed by atoms with Crippen LogP contribution in [-0.4, -0.2) is 33.7 Å². The molecule has 2 heterocycles. The van der Waals surface area contributed by atoms with Gasteiger partial charge in [-0.3, -0.25) is 18.7 Å². The van der Waals surface area contributed by atoms with E-state index in [1.54, 1.807) is 41.0 Å². The second-order valence-corrected chi connectivity index (χ2v) is 8.40. The molecule has 2 aromatic heterocycles. The van der Waals surface area contributed by atoms with Gasteiger partial charge in [-0.15, -0.1) is 0 Å². The highest BCUT2D eigenvalue weighted by Gasteiger charge is 2.18. The summed E-state index contributed by atoms with van der Waals surface area (Å²) in [6.07, 6.45) is 1.44. The number of hydrogen-bond donors (Lipinski definition) is 2. The normalized spacial score (nSPS) is 11.0. The number of methoxy groups -OCH3 is 1. The molecule has 4 aromatic rings. The number of hydrogen-bond acceptors (Lipinski definition) is 5. The van der Waals surface area contributed by atoms with Gasteiger partial charge in [0.25, 0.3) is 11.5 Å². The first-order valence-electron chi connectivity index (χ1n) is 12.0. The fourth-order valence-electron chi connectivity index (χ4n) is 4.15. The van der Waals surface area contributed by atoms with Crippen LogP contribution in [0.5, 0.6) is 11.5 Å². The van der Waals surface area contributed by atoms with Gasteiger partial charge in [-0.05, 0) is 43.2 Å². The number of aromatic amines is 1. The molecular formula is C27H30N4O5. The summed E-state index contributed by atoms with van der Waals surface area (Å²) in [5.41, 5.74) is 2.35. The molecule has 0 aliphatic heterocycles. The van der Waals surface area contributed by atoms with Crippen molar-refractivity contribution in [1.82, 2.24) is 14.1 Å². The van der Waals surface area contributed by atoms with Crippen LogP contribution < -0.4 is 26.0 Å². The highest BCUT2D eigenvalue weighted by molar-refractivity contribution is 5.91. The summed E-state index contributed by atoms with van der Waals surface area (Å²) in [7, 11) is 1.54. The Labute approximate surface area is 208 Å². The van der Waals surface area contributed by atoms with E-state index in [2.05, 4.69) is 10.3 Å². The molecule has 0 fully saturated rings. The highest BCUT2D eigenvalue weighted by Crippen LogP contribution is 2.34. The molecule has 2 aromatic carbocycles. The summed E-state index contributed by atoms with van der Waals surface area (Å²) in [5, 5.41) is 2.77. The van der Waals surface area contributed by atoms with Crippen LogP contribution in [0.15, 0.2) is 64.2 Å². The van der Waals surface area contributed by atoms with Crippen molar-refractivity contribution in [3.63, 3.8) is 0 Å². The third-order valence-electron chi connectivity index (χ3n) is 5.79. The lowest BCUT2D eigenvalue weighted by Gasteiger charge is -2.11. The molecule has 188 valence electrons. The smallest absolute Gasteiger partial charge is 0.331 e. The average molecular weight is 491 g/mol. The van der Waals surface area contributed by atoms with Gasteiger partial charge < -0.3 is 19.8 Å². The number of carbonyl (C=O) groups is 1. The molecule has 4 rings (SSSR count). The second kappa shape index (κ2) is 11.0. The van der Waals surface area contributed by atoms with E-state index < -0.39 is 0 Å². The number of amides is 1. The van der Waals surface area contributed by atoms with E-state index in [9.17, 15) is 14.4 Å². The molecule has 0 radical (unpaired) electrons. The molecule has 9 nitrogen and oxygen atoms in total. The number of carbonyl (C=O) groups excluding carboxylic acids is 1. The topological polar surface area (TPSA) is 107 Å². The first kappa shape index (κ1) is 24.8. The van der Waals surface area contributed by atoms with Gasteiger partial charge in [0.1, 0.15) is 17.0 Å². The largest absolute Gasteiger partial charge is 0.496 e. The maximum atomic E-state index is 13.1.